The molecule has 0 amide bonds. The number of benzene rings is 2. The Morgan fingerprint density at radius 3 is 2.24 bits per heavy atom. The van der Waals surface area contributed by atoms with Crippen molar-refractivity contribution < 1.29 is 5.11 Å². The van der Waals surface area contributed by atoms with Crippen molar-refractivity contribution in [2.75, 3.05) is 6.61 Å². The van der Waals surface area contributed by atoms with Crippen LogP contribution in [0.5, 0.6) is 0 Å². The fourth-order valence-corrected chi connectivity index (χ4v) is 2.96. The minimum absolute atomic E-state index is 0.169. The largest absolute Gasteiger partial charge is 0.396 e. The molecule has 0 radical (unpaired) electrons. The predicted octanol–water partition coefficient (Wildman–Crippen LogP) is 4.57. The molecule has 1 nitrogen and oxygen atoms in total. The molecule has 21 heavy (non-hydrogen) atoms. The zero-order valence-electron chi connectivity index (χ0n) is 12.1. The van der Waals surface area contributed by atoms with E-state index in [9.17, 15) is 5.11 Å². The average Bonchev–Trinajstić information content (AvgIpc) is 3.02. The van der Waals surface area contributed by atoms with Crippen LogP contribution in [0, 0.1) is 0 Å². The fraction of sp³-hybridized carbons (Fsp3) is 0.200. The van der Waals surface area contributed by atoms with Crippen molar-refractivity contribution in [3.63, 3.8) is 0 Å². The van der Waals surface area contributed by atoms with Gasteiger partial charge in [-0.25, -0.2) is 0 Å². The number of hydrogen-bond donors (Lipinski definition) is 1. The highest BCUT2D eigenvalue weighted by Gasteiger charge is 2.17. The van der Waals surface area contributed by atoms with E-state index in [-0.39, 0.29) is 12.5 Å². The third-order valence-electron chi connectivity index (χ3n) is 4.11. The fourth-order valence-electron chi connectivity index (χ4n) is 2.96. The molecule has 106 valence electrons. The number of rotatable bonds is 5. The van der Waals surface area contributed by atoms with Gasteiger partial charge in [0.1, 0.15) is 0 Å². The van der Waals surface area contributed by atoms with Crippen LogP contribution in [0.15, 0.2) is 78.4 Å². The molecule has 1 aliphatic carbocycles. The summed E-state index contributed by atoms with van der Waals surface area (Å²) < 4.78 is 0. The smallest absolute Gasteiger partial charge is 0.0502 e. The van der Waals surface area contributed by atoms with Crippen LogP contribution in [0.4, 0.5) is 0 Å². The Hall–Kier alpha value is -2.12. The van der Waals surface area contributed by atoms with Crippen LogP contribution in [-0.2, 0) is 0 Å². The molecule has 3 rings (SSSR count). The van der Waals surface area contributed by atoms with Crippen LogP contribution in [0.1, 0.15) is 29.9 Å². The summed E-state index contributed by atoms with van der Waals surface area (Å²) in [5.74, 6) is 0.169. The van der Waals surface area contributed by atoms with Gasteiger partial charge in [0, 0.05) is 5.92 Å². The lowest BCUT2D eigenvalue weighted by atomic mass is 9.90. The Bertz CT molecular complexity index is 638. The lowest BCUT2D eigenvalue weighted by Gasteiger charge is -2.16. The Kier molecular flexibility index (Phi) is 4.32. The summed E-state index contributed by atoms with van der Waals surface area (Å²) in [4.78, 5) is 0. The molecule has 0 saturated carbocycles. The standard InChI is InChI=1S/C20H20O/c21-15-19(16-8-3-1-4-9-16)14-18-12-7-13-20(18)17-10-5-2-6-11-17/h1-12,19,21H,13-15H2. The maximum atomic E-state index is 9.75. The van der Waals surface area contributed by atoms with Crippen LogP contribution in [0.3, 0.4) is 0 Å². The summed E-state index contributed by atoms with van der Waals surface area (Å²) in [7, 11) is 0. The van der Waals surface area contributed by atoms with E-state index in [1.807, 2.05) is 24.3 Å². The van der Waals surface area contributed by atoms with Gasteiger partial charge in [0.2, 0.25) is 0 Å². The minimum Gasteiger partial charge on any atom is -0.396 e. The predicted molar refractivity (Wildman–Crippen MR) is 88.0 cm³/mol. The van der Waals surface area contributed by atoms with E-state index in [1.54, 1.807) is 0 Å². The second-order valence-corrected chi connectivity index (χ2v) is 5.47. The molecule has 1 unspecified atom stereocenters. The molecular weight excluding hydrogens is 256 g/mol. The zero-order valence-corrected chi connectivity index (χ0v) is 12.1. The Morgan fingerprint density at radius 2 is 1.57 bits per heavy atom. The molecule has 0 saturated heterocycles. The van der Waals surface area contributed by atoms with Gasteiger partial charge in [0.15, 0.2) is 0 Å². The maximum absolute atomic E-state index is 9.75. The van der Waals surface area contributed by atoms with E-state index in [0.29, 0.717) is 0 Å². The van der Waals surface area contributed by atoms with Gasteiger partial charge < -0.3 is 5.11 Å². The molecule has 0 bridgehead atoms. The summed E-state index contributed by atoms with van der Waals surface area (Å²) in [6.45, 7) is 0.184. The van der Waals surface area contributed by atoms with Crippen LogP contribution in [0.2, 0.25) is 0 Å². The van der Waals surface area contributed by atoms with Crippen molar-refractivity contribution in [2.24, 2.45) is 0 Å². The molecule has 1 heteroatoms. The minimum atomic E-state index is 0.169. The molecule has 1 N–H and O–H groups in total. The van der Waals surface area contributed by atoms with Crippen LogP contribution >= 0.6 is 0 Å². The SMILES string of the molecule is OCC(CC1=C(c2ccccc2)CC=C1)c1ccccc1. The summed E-state index contributed by atoms with van der Waals surface area (Å²) in [5, 5.41) is 9.75. The van der Waals surface area contributed by atoms with Gasteiger partial charge in [-0.2, -0.15) is 0 Å². The van der Waals surface area contributed by atoms with Crippen molar-refractivity contribution in [1.29, 1.82) is 0 Å². The summed E-state index contributed by atoms with van der Waals surface area (Å²) in [5.41, 5.74) is 5.25. The van der Waals surface area contributed by atoms with Gasteiger partial charge in [0.25, 0.3) is 0 Å². The van der Waals surface area contributed by atoms with Crippen molar-refractivity contribution in [1.82, 2.24) is 0 Å². The molecule has 0 aromatic heterocycles. The third-order valence-corrected chi connectivity index (χ3v) is 4.11. The van der Waals surface area contributed by atoms with Crippen molar-refractivity contribution >= 4 is 5.57 Å². The first-order chi connectivity index (χ1) is 10.4. The molecule has 0 aliphatic heterocycles. The number of allylic oxidation sites excluding steroid dienone is 4. The second-order valence-electron chi connectivity index (χ2n) is 5.47. The molecule has 2 aromatic rings. The average molecular weight is 276 g/mol. The maximum Gasteiger partial charge on any atom is 0.0502 e. The van der Waals surface area contributed by atoms with Gasteiger partial charge in [-0.3, -0.25) is 0 Å². The van der Waals surface area contributed by atoms with E-state index < -0.39 is 0 Å². The highest BCUT2D eigenvalue weighted by atomic mass is 16.3. The monoisotopic (exact) mass is 276 g/mol. The lowest BCUT2D eigenvalue weighted by molar-refractivity contribution is 0.265. The summed E-state index contributed by atoms with van der Waals surface area (Å²) >= 11 is 0. The Balaban J connectivity index is 1.86. The van der Waals surface area contributed by atoms with E-state index in [0.717, 1.165) is 12.8 Å². The van der Waals surface area contributed by atoms with Gasteiger partial charge in [-0.15, -0.1) is 0 Å². The molecule has 2 aromatic carbocycles. The van der Waals surface area contributed by atoms with E-state index in [1.165, 1.54) is 22.3 Å². The Morgan fingerprint density at radius 1 is 0.905 bits per heavy atom. The topological polar surface area (TPSA) is 20.2 Å². The van der Waals surface area contributed by atoms with Gasteiger partial charge >= 0.3 is 0 Å². The van der Waals surface area contributed by atoms with Crippen LogP contribution < -0.4 is 0 Å². The van der Waals surface area contributed by atoms with E-state index in [2.05, 4.69) is 48.6 Å². The van der Waals surface area contributed by atoms with E-state index >= 15 is 0 Å². The first-order valence-corrected chi connectivity index (χ1v) is 7.48. The highest BCUT2D eigenvalue weighted by molar-refractivity contribution is 5.74. The van der Waals surface area contributed by atoms with Gasteiger partial charge in [-0.05, 0) is 35.1 Å². The third kappa shape index (κ3) is 3.14. The number of aliphatic hydroxyl groups excluding tert-OH is 1. The molecule has 0 spiro atoms. The summed E-state index contributed by atoms with van der Waals surface area (Å²) in [6.07, 6.45) is 6.32. The molecule has 1 atom stereocenters. The Labute approximate surface area is 126 Å². The molecule has 0 heterocycles. The first-order valence-electron chi connectivity index (χ1n) is 7.48. The van der Waals surface area contributed by atoms with E-state index in [4.69, 9.17) is 0 Å². The van der Waals surface area contributed by atoms with Crippen LogP contribution in [-0.4, -0.2) is 11.7 Å². The van der Waals surface area contributed by atoms with Crippen molar-refractivity contribution in [3.05, 3.63) is 89.5 Å². The number of aliphatic hydroxyl groups is 1. The number of hydrogen-bond acceptors (Lipinski definition) is 1. The second kappa shape index (κ2) is 6.55. The van der Waals surface area contributed by atoms with Crippen molar-refractivity contribution in [3.8, 4) is 0 Å². The normalized spacial score (nSPS) is 15.5. The van der Waals surface area contributed by atoms with Gasteiger partial charge in [-0.1, -0.05) is 72.8 Å². The quantitative estimate of drug-likeness (QED) is 0.848. The molecule has 1 aliphatic rings. The van der Waals surface area contributed by atoms with Crippen LogP contribution in [0.25, 0.3) is 5.57 Å². The van der Waals surface area contributed by atoms with Gasteiger partial charge in [0.05, 0.1) is 6.61 Å². The lowest BCUT2D eigenvalue weighted by Crippen LogP contribution is -2.05. The van der Waals surface area contributed by atoms with Crippen molar-refractivity contribution in [2.45, 2.75) is 18.8 Å². The zero-order chi connectivity index (χ0) is 14.5. The summed E-state index contributed by atoms with van der Waals surface area (Å²) in [6, 6.07) is 20.8. The highest BCUT2D eigenvalue weighted by Crippen LogP contribution is 2.34. The molecular formula is C20H20O. The molecule has 0 fully saturated rings. The first kappa shape index (κ1) is 13.8.